The lowest BCUT2D eigenvalue weighted by atomic mass is 10.2. The number of carbonyl (C=O) groups excluding carboxylic acids is 1. The van der Waals surface area contributed by atoms with E-state index >= 15 is 0 Å². The number of methoxy groups -OCH3 is 1. The fourth-order valence-electron chi connectivity index (χ4n) is 1.89. The third-order valence-electron chi connectivity index (χ3n) is 3.29. The molecule has 0 saturated carbocycles. The second kappa shape index (κ2) is 7.26. The van der Waals surface area contributed by atoms with Gasteiger partial charge >= 0.3 is 0 Å². The number of hydrogen-bond donors (Lipinski definition) is 2. The van der Waals surface area contributed by atoms with Crippen molar-refractivity contribution in [3.05, 3.63) is 59.7 Å². The van der Waals surface area contributed by atoms with Gasteiger partial charge in [-0.15, -0.1) is 4.83 Å². The molecule has 0 aliphatic carbocycles. The minimum absolute atomic E-state index is 0.0877. The van der Waals surface area contributed by atoms with Crippen molar-refractivity contribution in [2.75, 3.05) is 7.11 Å². The van der Waals surface area contributed by atoms with Crippen LogP contribution in [-0.4, -0.2) is 21.4 Å². The van der Waals surface area contributed by atoms with Crippen LogP contribution in [0.2, 0.25) is 0 Å². The minimum atomic E-state index is -3.81. The highest BCUT2D eigenvalue weighted by Crippen LogP contribution is 2.12. The molecule has 1 amide bonds. The van der Waals surface area contributed by atoms with Crippen LogP contribution in [0.15, 0.2) is 53.4 Å². The van der Waals surface area contributed by atoms with Crippen molar-refractivity contribution in [3.8, 4) is 5.75 Å². The van der Waals surface area contributed by atoms with Gasteiger partial charge in [-0.1, -0.05) is 19.1 Å². The lowest BCUT2D eigenvalue weighted by Gasteiger charge is -2.09. The van der Waals surface area contributed by atoms with Gasteiger partial charge in [-0.2, -0.15) is 0 Å². The Kier molecular flexibility index (Phi) is 5.36. The third kappa shape index (κ3) is 4.30. The summed E-state index contributed by atoms with van der Waals surface area (Å²) in [6, 6.07) is 12.8. The van der Waals surface area contributed by atoms with E-state index in [4.69, 9.17) is 4.74 Å². The molecule has 0 aliphatic rings. The molecule has 0 atom stereocenters. The Morgan fingerprint density at radius 1 is 1.04 bits per heavy atom. The van der Waals surface area contributed by atoms with Gasteiger partial charge in [0.05, 0.1) is 12.0 Å². The van der Waals surface area contributed by atoms with E-state index in [1.54, 1.807) is 36.4 Å². The predicted octanol–water partition coefficient (Wildman–Crippen LogP) is 1.88. The first kappa shape index (κ1) is 17.0. The number of rotatable bonds is 6. The summed E-state index contributed by atoms with van der Waals surface area (Å²) in [5.41, 5.74) is 3.53. The molecule has 122 valence electrons. The van der Waals surface area contributed by atoms with Crippen molar-refractivity contribution in [2.24, 2.45) is 0 Å². The number of benzene rings is 2. The highest BCUT2D eigenvalue weighted by Gasteiger charge is 2.15. The predicted molar refractivity (Wildman–Crippen MR) is 86.6 cm³/mol. The van der Waals surface area contributed by atoms with Crippen molar-refractivity contribution in [1.82, 2.24) is 10.3 Å². The molecule has 2 N–H and O–H groups in total. The Morgan fingerprint density at radius 3 is 2.17 bits per heavy atom. The van der Waals surface area contributed by atoms with Gasteiger partial charge in [-0.05, 0) is 48.4 Å². The molecule has 2 aromatic carbocycles. The molecule has 0 aromatic heterocycles. The van der Waals surface area contributed by atoms with Crippen LogP contribution in [0.3, 0.4) is 0 Å². The fourth-order valence-corrected chi connectivity index (χ4v) is 2.73. The van der Waals surface area contributed by atoms with Crippen LogP contribution in [-0.2, 0) is 16.4 Å². The maximum absolute atomic E-state index is 12.1. The van der Waals surface area contributed by atoms with E-state index in [-0.39, 0.29) is 4.90 Å². The molecule has 0 unspecified atom stereocenters. The first-order chi connectivity index (χ1) is 11.0. The topological polar surface area (TPSA) is 84.5 Å². The number of aryl methyl sites for hydroxylation is 1. The van der Waals surface area contributed by atoms with Crippen LogP contribution in [0.4, 0.5) is 0 Å². The summed E-state index contributed by atoms with van der Waals surface area (Å²) < 4.78 is 29.2. The van der Waals surface area contributed by atoms with Crippen molar-refractivity contribution in [2.45, 2.75) is 18.2 Å². The zero-order valence-corrected chi connectivity index (χ0v) is 13.7. The molecule has 2 rings (SSSR count). The average Bonchev–Trinajstić information content (AvgIpc) is 2.60. The number of hydrogen-bond acceptors (Lipinski definition) is 4. The molecule has 0 fully saturated rings. The normalized spacial score (nSPS) is 11.0. The van der Waals surface area contributed by atoms with Gasteiger partial charge in [0.15, 0.2) is 0 Å². The Bertz CT molecular complexity index is 769. The quantitative estimate of drug-likeness (QED) is 0.790. The highest BCUT2D eigenvalue weighted by molar-refractivity contribution is 7.89. The molecule has 6 nitrogen and oxygen atoms in total. The van der Waals surface area contributed by atoms with Crippen molar-refractivity contribution in [3.63, 3.8) is 0 Å². The zero-order chi connectivity index (χ0) is 16.9. The van der Waals surface area contributed by atoms with Gasteiger partial charge in [0, 0.05) is 5.56 Å². The molecule has 7 heteroatoms. The van der Waals surface area contributed by atoms with Gasteiger partial charge in [-0.25, -0.2) is 8.42 Å². The van der Waals surface area contributed by atoms with E-state index in [0.717, 1.165) is 12.0 Å². The molecular weight excluding hydrogens is 316 g/mol. The number of ether oxygens (including phenoxy) is 1. The maximum Gasteiger partial charge on any atom is 0.266 e. The van der Waals surface area contributed by atoms with Crippen molar-refractivity contribution < 1.29 is 17.9 Å². The Balaban J connectivity index is 2.03. The van der Waals surface area contributed by atoms with E-state index in [1.807, 2.05) is 6.92 Å². The van der Waals surface area contributed by atoms with E-state index < -0.39 is 15.9 Å². The highest BCUT2D eigenvalue weighted by atomic mass is 32.2. The first-order valence-electron chi connectivity index (χ1n) is 7.01. The van der Waals surface area contributed by atoms with Crippen LogP contribution < -0.4 is 15.0 Å². The second-order valence-electron chi connectivity index (χ2n) is 4.79. The summed E-state index contributed by atoms with van der Waals surface area (Å²) >= 11 is 0. The van der Waals surface area contributed by atoms with E-state index in [2.05, 4.69) is 10.3 Å². The number of amides is 1. The largest absolute Gasteiger partial charge is 0.497 e. The maximum atomic E-state index is 12.1. The molecule has 2 aromatic rings. The summed E-state index contributed by atoms with van der Waals surface area (Å²) in [5.74, 6) is 0.0551. The molecule has 0 heterocycles. The number of carbonyl (C=O) groups is 1. The molecule has 0 saturated heterocycles. The van der Waals surface area contributed by atoms with Crippen LogP contribution in [0, 0.1) is 0 Å². The fraction of sp³-hybridized carbons (Fsp3) is 0.188. The van der Waals surface area contributed by atoms with Gasteiger partial charge in [0.1, 0.15) is 5.75 Å². The lowest BCUT2D eigenvalue weighted by Crippen LogP contribution is -2.41. The average molecular weight is 334 g/mol. The molecular formula is C16H18N2O4S. The van der Waals surface area contributed by atoms with Crippen LogP contribution in [0.5, 0.6) is 5.75 Å². The second-order valence-corrected chi connectivity index (χ2v) is 6.47. The first-order valence-corrected chi connectivity index (χ1v) is 8.49. The molecule has 23 heavy (non-hydrogen) atoms. The summed E-state index contributed by atoms with van der Waals surface area (Å²) in [5, 5.41) is 0. The number of hydrazine groups is 1. The monoisotopic (exact) mass is 334 g/mol. The van der Waals surface area contributed by atoms with Crippen LogP contribution in [0.25, 0.3) is 0 Å². The summed E-state index contributed by atoms with van der Waals surface area (Å²) in [6.45, 7) is 1.98. The minimum Gasteiger partial charge on any atom is -0.497 e. The SMILES string of the molecule is CCc1ccc(S(=O)(=O)NNC(=O)c2ccc(OC)cc2)cc1. The van der Waals surface area contributed by atoms with Gasteiger partial charge in [0.25, 0.3) is 15.9 Å². The van der Waals surface area contributed by atoms with E-state index in [9.17, 15) is 13.2 Å². The van der Waals surface area contributed by atoms with Gasteiger partial charge < -0.3 is 4.74 Å². The Labute approximate surface area is 135 Å². The van der Waals surface area contributed by atoms with Crippen molar-refractivity contribution >= 4 is 15.9 Å². The smallest absolute Gasteiger partial charge is 0.266 e. The van der Waals surface area contributed by atoms with Crippen LogP contribution >= 0.6 is 0 Å². The third-order valence-corrected chi connectivity index (χ3v) is 4.56. The van der Waals surface area contributed by atoms with Crippen molar-refractivity contribution in [1.29, 1.82) is 0 Å². The summed E-state index contributed by atoms with van der Waals surface area (Å²) in [6.07, 6.45) is 0.821. The molecule has 0 radical (unpaired) electrons. The van der Waals surface area contributed by atoms with E-state index in [1.165, 1.54) is 19.2 Å². The number of nitrogens with one attached hydrogen (secondary N) is 2. The molecule has 0 spiro atoms. The molecule has 0 bridgehead atoms. The zero-order valence-electron chi connectivity index (χ0n) is 12.9. The summed E-state index contributed by atoms with van der Waals surface area (Å²) in [7, 11) is -2.29. The standard InChI is InChI=1S/C16H18N2O4S/c1-3-12-4-10-15(11-5-12)23(20,21)18-17-16(19)13-6-8-14(22-2)9-7-13/h4-11,18H,3H2,1-2H3,(H,17,19). The van der Waals surface area contributed by atoms with Gasteiger partial charge in [0.2, 0.25) is 0 Å². The number of sulfonamides is 1. The summed E-state index contributed by atoms with van der Waals surface area (Å²) in [4.78, 5) is 14.1. The van der Waals surface area contributed by atoms with Crippen LogP contribution in [0.1, 0.15) is 22.8 Å². The lowest BCUT2D eigenvalue weighted by molar-refractivity contribution is 0.0945. The Morgan fingerprint density at radius 2 is 1.65 bits per heavy atom. The molecule has 0 aliphatic heterocycles. The van der Waals surface area contributed by atoms with E-state index in [0.29, 0.717) is 11.3 Å². The van der Waals surface area contributed by atoms with Gasteiger partial charge in [-0.3, -0.25) is 10.2 Å². The Hall–Kier alpha value is -2.38.